The highest BCUT2D eigenvalue weighted by Gasteiger charge is 2.33. The minimum absolute atomic E-state index is 0.0207. The molecule has 7 nitrogen and oxygen atoms in total. The zero-order valence-electron chi connectivity index (χ0n) is 21.7. The molecule has 38 heavy (non-hydrogen) atoms. The number of amides is 2. The smallest absolute Gasteiger partial charge is 0.264 e. The highest BCUT2D eigenvalue weighted by atomic mass is 32.2. The van der Waals surface area contributed by atoms with Gasteiger partial charge in [0.2, 0.25) is 11.8 Å². The number of benzene rings is 3. The summed E-state index contributed by atoms with van der Waals surface area (Å²) in [5.74, 6) is -1.27. The van der Waals surface area contributed by atoms with E-state index in [4.69, 9.17) is 0 Å². The molecule has 202 valence electrons. The summed E-state index contributed by atoms with van der Waals surface area (Å²) < 4.78 is 41.9. The van der Waals surface area contributed by atoms with Gasteiger partial charge in [-0.25, -0.2) is 12.8 Å². The minimum atomic E-state index is -4.10. The molecule has 0 radical (unpaired) electrons. The second kappa shape index (κ2) is 13.7. The molecule has 0 aliphatic rings. The van der Waals surface area contributed by atoms with Crippen LogP contribution in [0.5, 0.6) is 0 Å². The molecule has 9 heteroatoms. The van der Waals surface area contributed by atoms with Crippen LogP contribution in [0.15, 0.2) is 89.8 Å². The first-order chi connectivity index (χ1) is 18.3. The lowest BCUT2D eigenvalue weighted by Crippen LogP contribution is -2.52. The zero-order valence-corrected chi connectivity index (χ0v) is 22.5. The van der Waals surface area contributed by atoms with Crippen LogP contribution in [0, 0.1) is 5.82 Å². The van der Waals surface area contributed by atoms with Crippen molar-refractivity contribution < 1.29 is 22.4 Å². The van der Waals surface area contributed by atoms with Crippen molar-refractivity contribution in [3.8, 4) is 0 Å². The van der Waals surface area contributed by atoms with Crippen molar-refractivity contribution in [1.29, 1.82) is 0 Å². The molecule has 0 aliphatic heterocycles. The number of sulfonamides is 1. The third kappa shape index (κ3) is 7.41. The first-order valence-corrected chi connectivity index (χ1v) is 14.2. The van der Waals surface area contributed by atoms with Gasteiger partial charge in [0.25, 0.3) is 10.0 Å². The van der Waals surface area contributed by atoms with E-state index in [1.54, 1.807) is 67.6 Å². The van der Waals surface area contributed by atoms with Crippen molar-refractivity contribution in [2.45, 2.75) is 50.6 Å². The Balaban J connectivity index is 1.99. The highest BCUT2D eigenvalue weighted by molar-refractivity contribution is 7.92. The fourth-order valence-corrected chi connectivity index (χ4v) is 5.49. The molecular weight excluding hydrogens is 505 g/mol. The first kappa shape index (κ1) is 28.8. The van der Waals surface area contributed by atoms with Gasteiger partial charge in [0, 0.05) is 13.1 Å². The van der Waals surface area contributed by atoms with Gasteiger partial charge in [-0.1, -0.05) is 68.8 Å². The topological polar surface area (TPSA) is 86.8 Å². The van der Waals surface area contributed by atoms with Crippen molar-refractivity contribution in [3.05, 3.63) is 96.3 Å². The van der Waals surface area contributed by atoms with Gasteiger partial charge in [0.05, 0.1) is 10.6 Å². The van der Waals surface area contributed by atoms with Gasteiger partial charge in [-0.05, 0) is 54.8 Å². The Hall–Kier alpha value is -3.72. The lowest BCUT2D eigenvalue weighted by atomic mass is 10.1. The number of rotatable bonds is 13. The van der Waals surface area contributed by atoms with Crippen LogP contribution in [-0.4, -0.2) is 44.3 Å². The number of unbranched alkanes of at least 4 members (excludes halogenated alkanes) is 1. The van der Waals surface area contributed by atoms with E-state index in [0.29, 0.717) is 24.2 Å². The van der Waals surface area contributed by atoms with Crippen LogP contribution in [0.25, 0.3) is 0 Å². The first-order valence-electron chi connectivity index (χ1n) is 12.7. The SMILES string of the molecule is CCCCNC(=O)C(CC)N(Cc1ccc(F)cc1)C(=O)CN(c1ccccc1)S(=O)(=O)c1ccccc1. The van der Waals surface area contributed by atoms with Crippen molar-refractivity contribution in [1.82, 2.24) is 10.2 Å². The van der Waals surface area contributed by atoms with E-state index >= 15 is 0 Å². The second-order valence-corrected chi connectivity index (χ2v) is 10.7. The summed E-state index contributed by atoms with van der Waals surface area (Å²) in [7, 11) is -4.10. The summed E-state index contributed by atoms with van der Waals surface area (Å²) in [6, 6.07) is 21.1. The molecule has 0 fully saturated rings. The standard InChI is InChI=1S/C29H34FN3O4S/c1-3-5-20-31-29(35)27(4-2)32(21-23-16-18-24(30)19-17-23)28(34)22-33(25-12-8-6-9-13-25)38(36,37)26-14-10-7-11-15-26/h6-19,27H,3-5,20-22H2,1-2H3,(H,31,35). The summed E-state index contributed by atoms with van der Waals surface area (Å²) in [4.78, 5) is 28.4. The maximum Gasteiger partial charge on any atom is 0.264 e. The molecular formula is C29H34FN3O4S. The molecule has 0 bridgehead atoms. The van der Waals surface area contributed by atoms with E-state index in [9.17, 15) is 22.4 Å². The summed E-state index contributed by atoms with van der Waals surface area (Å²) >= 11 is 0. The molecule has 0 aromatic heterocycles. The van der Waals surface area contributed by atoms with Gasteiger partial charge in [0.1, 0.15) is 18.4 Å². The van der Waals surface area contributed by atoms with Crippen molar-refractivity contribution >= 4 is 27.5 Å². The largest absolute Gasteiger partial charge is 0.354 e. The number of nitrogens with one attached hydrogen (secondary N) is 1. The van der Waals surface area contributed by atoms with Crippen molar-refractivity contribution in [2.24, 2.45) is 0 Å². The van der Waals surface area contributed by atoms with E-state index in [1.807, 2.05) is 6.92 Å². The average Bonchev–Trinajstić information content (AvgIpc) is 2.93. The minimum Gasteiger partial charge on any atom is -0.354 e. The average molecular weight is 540 g/mol. The Kier molecular flexibility index (Phi) is 10.4. The lowest BCUT2D eigenvalue weighted by molar-refractivity contribution is -0.140. The number of hydrogen-bond acceptors (Lipinski definition) is 4. The summed E-state index contributed by atoms with van der Waals surface area (Å²) in [5, 5.41) is 2.88. The van der Waals surface area contributed by atoms with Gasteiger partial charge >= 0.3 is 0 Å². The van der Waals surface area contributed by atoms with Gasteiger partial charge < -0.3 is 10.2 Å². The Morgan fingerprint density at radius 2 is 1.50 bits per heavy atom. The molecule has 0 aliphatic carbocycles. The number of hydrogen-bond donors (Lipinski definition) is 1. The van der Waals surface area contributed by atoms with Gasteiger partial charge in [-0.2, -0.15) is 0 Å². The summed E-state index contributed by atoms with van der Waals surface area (Å²) in [5.41, 5.74) is 0.948. The van der Waals surface area contributed by atoms with Crippen LogP contribution in [0.3, 0.4) is 0 Å². The maximum absolute atomic E-state index is 13.9. The van der Waals surface area contributed by atoms with Gasteiger partial charge in [-0.15, -0.1) is 0 Å². The lowest BCUT2D eigenvalue weighted by Gasteiger charge is -2.33. The van der Waals surface area contributed by atoms with E-state index < -0.39 is 34.3 Å². The number of nitrogens with zero attached hydrogens (tertiary/aromatic N) is 2. The molecule has 0 spiro atoms. The van der Waals surface area contributed by atoms with Crippen LogP contribution in [0.4, 0.5) is 10.1 Å². The fraction of sp³-hybridized carbons (Fsp3) is 0.310. The molecule has 1 atom stereocenters. The molecule has 3 aromatic rings. The number of para-hydroxylation sites is 1. The Bertz CT molecular complexity index is 1290. The normalized spacial score (nSPS) is 12.0. The van der Waals surface area contributed by atoms with Crippen LogP contribution >= 0.6 is 0 Å². The van der Waals surface area contributed by atoms with Crippen LogP contribution < -0.4 is 9.62 Å². The molecule has 0 saturated carbocycles. The molecule has 0 saturated heterocycles. The summed E-state index contributed by atoms with van der Waals surface area (Å²) in [6.45, 7) is 3.79. The molecule has 3 aromatic carbocycles. The third-order valence-electron chi connectivity index (χ3n) is 6.14. The predicted octanol–water partition coefficient (Wildman–Crippen LogP) is 4.74. The number of anilines is 1. The fourth-order valence-electron chi connectivity index (χ4n) is 4.05. The molecule has 3 rings (SSSR count). The predicted molar refractivity (Wildman–Crippen MR) is 146 cm³/mol. The quantitative estimate of drug-likeness (QED) is 0.318. The molecule has 1 unspecified atom stereocenters. The number of halogens is 1. The molecule has 0 heterocycles. The van der Waals surface area contributed by atoms with Gasteiger partial charge in [-0.3, -0.25) is 13.9 Å². The van der Waals surface area contributed by atoms with Crippen LogP contribution in [-0.2, 0) is 26.2 Å². The molecule has 1 N–H and O–H groups in total. The van der Waals surface area contributed by atoms with Crippen LogP contribution in [0.2, 0.25) is 0 Å². The molecule has 2 amide bonds. The zero-order chi connectivity index (χ0) is 27.5. The van der Waals surface area contributed by atoms with Crippen molar-refractivity contribution in [3.63, 3.8) is 0 Å². The second-order valence-electron chi connectivity index (χ2n) is 8.88. The Morgan fingerprint density at radius 3 is 2.08 bits per heavy atom. The number of carbonyl (C=O) groups excluding carboxylic acids is 2. The highest BCUT2D eigenvalue weighted by Crippen LogP contribution is 2.24. The van der Waals surface area contributed by atoms with Gasteiger partial charge in [0.15, 0.2) is 0 Å². The van der Waals surface area contributed by atoms with E-state index in [2.05, 4.69) is 5.32 Å². The Morgan fingerprint density at radius 1 is 0.895 bits per heavy atom. The summed E-state index contributed by atoms with van der Waals surface area (Å²) in [6.07, 6.45) is 2.02. The van der Waals surface area contributed by atoms with E-state index in [-0.39, 0.29) is 17.3 Å². The van der Waals surface area contributed by atoms with Crippen LogP contribution in [0.1, 0.15) is 38.7 Å². The number of carbonyl (C=O) groups is 2. The monoisotopic (exact) mass is 539 g/mol. The van der Waals surface area contributed by atoms with E-state index in [1.165, 1.54) is 29.2 Å². The third-order valence-corrected chi connectivity index (χ3v) is 7.92. The Labute approximate surface area is 224 Å². The van der Waals surface area contributed by atoms with E-state index in [0.717, 1.165) is 17.1 Å². The maximum atomic E-state index is 13.9. The van der Waals surface area contributed by atoms with Crippen molar-refractivity contribution in [2.75, 3.05) is 17.4 Å².